The Balaban J connectivity index is 2.99. The number of nitrogens with two attached hydrogens (primary N) is 1. The van der Waals surface area contributed by atoms with E-state index in [-0.39, 0.29) is 6.61 Å². The summed E-state index contributed by atoms with van der Waals surface area (Å²) in [4.78, 5) is 10.9. The topological polar surface area (TPSA) is 87.3 Å². The van der Waals surface area contributed by atoms with Crippen LogP contribution in [0.1, 0.15) is 32.5 Å². The summed E-state index contributed by atoms with van der Waals surface area (Å²) in [7, 11) is 0. The molecule has 0 saturated heterocycles. The van der Waals surface area contributed by atoms with Crippen LogP contribution < -0.4 is 16.2 Å². The zero-order valence-electron chi connectivity index (χ0n) is 11.2. The average Bonchev–Trinajstić information content (AvgIpc) is 2.38. The molecule has 0 saturated carbocycles. The van der Waals surface area contributed by atoms with Gasteiger partial charge in [-0.05, 0) is 12.8 Å². The number of hydrogen-bond acceptors (Lipinski definition) is 6. The zero-order valence-corrected chi connectivity index (χ0v) is 11.2. The van der Waals surface area contributed by atoms with Gasteiger partial charge in [-0.1, -0.05) is 13.8 Å². The maximum Gasteiger partial charge on any atom is 0.145 e. The molecule has 0 spiro atoms. The summed E-state index contributed by atoms with van der Waals surface area (Å²) >= 11 is 0. The molecule has 0 aliphatic carbocycles. The summed E-state index contributed by atoms with van der Waals surface area (Å²) in [5.74, 6) is 7.63. The lowest BCUT2D eigenvalue weighted by Gasteiger charge is -2.23. The molecule has 0 atom stereocenters. The molecule has 1 heterocycles. The number of aromatic nitrogens is 2. The number of rotatable bonds is 8. The van der Waals surface area contributed by atoms with Crippen LogP contribution in [0, 0.1) is 0 Å². The van der Waals surface area contributed by atoms with E-state index < -0.39 is 0 Å². The van der Waals surface area contributed by atoms with Gasteiger partial charge < -0.3 is 15.4 Å². The molecule has 0 unspecified atom stereocenters. The smallest absolute Gasteiger partial charge is 0.145 e. The number of nitrogens with one attached hydrogen (secondary N) is 1. The summed E-state index contributed by atoms with van der Waals surface area (Å²) in [6.07, 6.45) is 2.81. The third kappa shape index (κ3) is 4.12. The Morgan fingerprint density at radius 2 is 2.06 bits per heavy atom. The molecule has 1 aromatic heterocycles. The first-order chi connectivity index (χ1) is 8.74. The molecule has 1 aromatic rings. The summed E-state index contributed by atoms with van der Waals surface area (Å²) in [6.45, 7) is 5.72. The third-order valence-corrected chi connectivity index (χ3v) is 2.57. The van der Waals surface area contributed by atoms with E-state index in [4.69, 9.17) is 10.9 Å². The molecule has 0 aliphatic heterocycles. The highest BCUT2D eigenvalue weighted by atomic mass is 16.3. The van der Waals surface area contributed by atoms with E-state index in [0.29, 0.717) is 12.4 Å². The number of nitrogens with zero attached hydrogens (tertiary/aromatic N) is 3. The van der Waals surface area contributed by atoms with Crippen molar-refractivity contribution in [2.24, 2.45) is 5.84 Å². The molecule has 0 fully saturated rings. The van der Waals surface area contributed by atoms with Crippen LogP contribution >= 0.6 is 0 Å². The van der Waals surface area contributed by atoms with Gasteiger partial charge >= 0.3 is 0 Å². The number of aliphatic hydroxyl groups is 1. The van der Waals surface area contributed by atoms with Crippen LogP contribution in [-0.4, -0.2) is 34.8 Å². The van der Waals surface area contributed by atoms with E-state index in [1.54, 1.807) is 0 Å². The molecule has 1 rings (SSSR count). The zero-order chi connectivity index (χ0) is 13.4. The lowest BCUT2D eigenvalue weighted by molar-refractivity contribution is 0.301. The molecule has 0 aliphatic rings. The lowest BCUT2D eigenvalue weighted by atomic mass is 10.3. The van der Waals surface area contributed by atoms with Crippen molar-refractivity contribution in [2.75, 3.05) is 30.0 Å². The summed E-state index contributed by atoms with van der Waals surface area (Å²) in [5.41, 5.74) is 2.56. The van der Waals surface area contributed by atoms with E-state index in [2.05, 4.69) is 29.2 Å². The van der Waals surface area contributed by atoms with Crippen molar-refractivity contribution >= 4 is 11.6 Å². The lowest BCUT2D eigenvalue weighted by Crippen LogP contribution is -2.29. The Labute approximate surface area is 108 Å². The van der Waals surface area contributed by atoms with Crippen LogP contribution in [0.5, 0.6) is 0 Å². The van der Waals surface area contributed by atoms with Crippen molar-refractivity contribution in [1.29, 1.82) is 0 Å². The van der Waals surface area contributed by atoms with E-state index in [9.17, 15) is 0 Å². The third-order valence-electron chi connectivity index (χ3n) is 2.57. The van der Waals surface area contributed by atoms with Gasteiger partial charge in [-0.15, -0.1) is 0 Å². The van der Waals surface area contributed by atoms with E-state index in [1.165, 1.54) is 0 Å². The fourth-order valence-electron chi connectivity index (χ4n) is 1.79. The first-order valence-corrected chi connectivity index (χ1v) is 6.45. The second-order valence-electron chi connectivity index (χ2n) is 4.13. The van der Waals surface area contributed by atoms with Gasteiger partial charge in [0.05, 0.1) is 6.61 Å². The Morgan fingerprint density at radius 3 is 2.61 bits per heavy atom. The van der Waals surface area contributed by atoms with Gasteiger partial charge in [0.25, 0.3) is 0 Å². The first kappa shape index (κ1) is 14.7. The predicted molar refractivity (Wildman–Crippen MR) is 73.4 cm³/mol. The Bertz CT molecular complexity index is 352. The monoisotopic (exact) mass is 253 g/mol. The van der Waals surface area contributed by atoms with E-state index >= 15 is 0 Å². The van der Waals surface area contributed by atoms with E-state index in [1.807, 2.05) is 11.0 Å². The molecule has 18 heavy (non-hydrogen) atoms. The summed E-state index contributed by atoms with van der Waals surface area (Å²) in [5, 5.41) is 9.10. The molecule has 4 N–H and O–H groups in total. The van der Waals surface area contributed by atoms with Crippen LogP contribution in [-0.2, 0) is 6.42 Å². The number of nitrogen functional groups attached to an aromatic ring is 1. The number of hydrazine groups is 1. The van der Waals surface area contributed by atoms with Gasteiger partial charge in [-0.2, -0.15) is 0 Å². The first-order valence-electron chi connectivity index (χ1n) is 6.45. The summed E-state index contributed by atoms with van der Waals surface area (Å²) in [6, 6.07) is 1.81. The molecule has 6 nitrogen and oxygen atoms in total. The van der Waals surface area contributed by atoms with Gasteiger partial charge in [0, 0.05) is 25.6 Å². The second-order valence-corrected chi connectivity index (χ2v) is 4.13. The van der Waals surface area contributed by atoms with Gasteiger partial charge in [-0.3, -0.25) is 0 Å². The van der Waals surface area contributed by atoms with Crippen molar-refractivity contribution in [3.05, 3.63) is 11.9 Å². The second kappa shape index (κ2) is 7.84. The van der Waals surface area contributed by atoms with Crippen LogP contribution in [0.25, 0.3) is 0 Å². The Morgan fingerprint density at radius 1 is 1.28 bits per heavy atom. The average molecular weight is 253 g/mol. The van der Waals surface area contributed by atoms with Gasteiger partial charge in [0.1, 0.15) is 17.5 Å². The molecular formula is C12H23N5O. The molecule has 0 bridgehead atoms. The standard InChI is InChI=1S/C12H23N5O/c1-3-5-10-14-11(16-13)9-12(15-10)17(6-4-2)7-8-18/h9,18H,3-8,13H2,1-2H3,(H,14,15,16). The largest absolute Gasteiger partial charge is 0.395 e. The van der Waals surface area contributed by atoms with E-state index in [0.717, 1.165) is 37.4 Å². The highest BCUT2D eigenvalue weighted by Gasteiger charge is 2.10. The predicted octanol–water partition coefficient (Wildman–Crippen LogP) is 0.923. The van der Waals surface area contributed by atoms with Crippen molar-refractivity contribution in [2.45, 2.75) is 33.1 Å². The van der Waals surface area contributed by atoms with Crippen LogP contribution in [0.4, 0.5) is 11.6 Å². The van der Waals surface area contributed by atoms with Gasteiger partial charge in [0.2, 0.25) is 0 Å². The molecule has 0 aromatic carbocycles. The molecule has 0 radical (unpaired) electrons. The van der Waals surface area contributed by atoms with Crippen LogP contribution in [0.15, 0.2) is 6.07 Å². The fraction of sp³-hybridized carbons (Fsp3) is 0.667. The molecular weight excluding hydrogens is 230 g/mol. The van der Waals surface area contributed by atoms with Crippen LogP contribution in [0.2, 0.25) is 0 Å². The maximum atomic E-state index is 9.10. The van der Waals surface area contributed by atoms with Crippen molar-refractivity contribution in [3.8, 4) is 0 Å². The minimum Gasteiger partial charge on any atom is -0.395 e. The highest BCUT2D eigenvalue weighted by molar-refractivity contribution is 5.48. The summed E-state index contributed by atoms with van der Waals surface area (Å²) < 4.78 is 0. The number of aryl methyl sites for hydroxylation is 1. The number of hydrogen-bond donors (Lipinski definition) is 3. The fourth-order valence-corrected chi connectivity index (χ4v) is 1.79. The number of aliphatic hydroxyl groups excluding tert-OH is 1. The molecule has 102 valence electrons. The Hall–Kier alpha value is -1.40. The number of anilines is 2. The highest BCUT2D eigenvalue weighted by Crippen LogP contribution is 2.16. The van der Waals surface area contributed by atoms with Crippen molar-refractivity contribution in [1.82, 2.24) is 9.97 Å². The Kier molecular flexibility index (Phi) is 6.38. The molecule has 6 heteroatoms. The maximum absolute atomic E-state index is 9.10. The van der Waals surface area contributed by atoms with Crippen LogP contribution in [0.3, 0.4) is 0 Å². The molecule has 0 amide bonds. The quantitative estimate of drug-likeness (QED) is 0.472. The minimum absolute atomic E-state index is 0.110. The SMILES string of the molecule is CCCc1nc(NN)cc(N(CCC)CCO)n1. The minimum atomic E-state index is 0.110. The van der Waals surface area contributed by atoms with Gasteiger partial charge in [0.15, 0.2) is 0 Å². The van der Waals surface area contributed by atoms with Crippen molar-refractivity contribution < 1.29 is 5.11 Å². The normalized spacial score (nSPS) is 10.4. The van der Waals surface area contributed by atoms with Gasteiger partial charge in [-0.25, -0.2) is 15.8 Å². The van der Waals surface area contributed by atoms with Crippen molar-refractivity contribution in [3.63, 3.8) is 0 Å².